The van der Waals surface area contributed by atoms with Crippen LogP contribution in [0.4, 0.5) is 0 Å². The lowest BCUT2D eigenvalue weighted by Crippen LogP contribution is -2.28. The predicted molar refractivity (Wildman–Crippen MR) is 77.7 cm³/mol. The van der Waals surface area contributed by atoms with Crippen LogP contribution in [0.5, 0.6) is 5.75 Å². The van der Waals surface area contributed by atoms with Crippen LogP contribution in [0, 0.1) is 5.92 Å². The van der Waals surface area contributed by atoms with E-state index in [4.69, 9.17) is 4.74 Å². The number of hydrogen-bond acceptors (Lipinski definition) is 3. The summed E-state index contributed by atoms with van der Waals surface area (Å²) in [4.78, 5) is 11.8. The molecular formula is C16H23NO3. The van der Waals surface area contributed by atoms with Gasteiger partial charge in [-0.1, -0.05) is 12.1 Å². The van der Waals surface area contributed by atoms with Crippen molar-refractivity contribution in [2.24, 2.45) is 5.92 Å². The second-order valence-corrected chi connectivity index (χ2v) is 5.49. The molecule has 1 saturated carbocycles. The van der Waals surface area contributed by atoms with Gasteiger partial charge >= 0.3 is 0 Å². The Balaban J connectivity index is 1.66. The lowest BCUT2D eigenvalue weighted by Gasteiger charge is -2.11. The largest absolute Gasteiger partial charge is 0.497 e. The molecule has 1 fully saturated rings. The van der Waals surface area contributed by atoms with E-state index in [0.29, 0.717) is 18.9 Å². The van der Waals surface area contributed by atoms with E-state index in [-0.39, 0.29) is 12.0 Å². The lowest BCUT2D eigenvalue weighted by molar-refractivity contribution is -0.121. The zero-order valence-electron chi connectivity index (χ0n) is 12.0. The van der Waals surface area contributed by atoms with Crippen LogP contribution in [0.3, 0.4) is 0 Å². The molecule has 2 N–H and O–H groups in total. The Morgan fingerprint density at radius 2 is 2.10 bits per heavy atom. The summed E-state index contributed by atoms with van der Waals surface area (Å²) in [5, 5.41) is 12.4. The number of hydrogen-bond donors (Lipinski definition) is 2. The molecule has 2 atom stereocenters. The molecule has 0 heterocycles. The zero-order valence-corrected chi connectivity index (χ0v) is 12.0. The summed E-state index contributed by atoms with van der Waals surface area (Å²) in [5.74, 6) is 1.36. The van der Waals surface area contributed by atoms with Gasteiger partial charge in [-0.05, 0) is 49.3 Å². The number of aliphatic hydroxyl groups excluding tert-OH is 1. The Hall–Kier alpha value is -1.55. The number of rotatable bonds is 6. The number of methoxy groups -OCH3 is 1. The number of benzene rings is 1. The fraction of sp³-hybridized carbons (Fsp3) is 0.562. The van der Waals surface area contributed by atoms with Gasteiger partial charge in [0.2, 0.25) is 5.91 Å². The van der Waals surface area contributed by atoms with Crippen LogP contribution < -0.4 is 10.1 Å². The summed E-state index contributed by atoms with van der Waals surface area (Å²) in [6.07, 6.45) is 3.77. The van der Waals surface area contributed by atoms with E-state index in [9.17, 15) is 9.90 Å². The number of aryl methyl sites for hydroxylation is 1. The van der Waals surface area contributed by atoms with Crippen LogP contribution in [0.1, 0.15) is 31.2 Å². The average Bonchev–Trinajstić information content (AvgIpc) is 2.89. The van der Waals surface area contributed by atoms with Crippen molar-refractivity contribution in [3.63, 3.8) is 0 Å². The third-order valence-corrected chi connectivity index (χ3v) is 3.90. The van der Waals surface area contributed by atoms with Gasteiger partial charge in [0.15, 0.2) is 0 Å². The number of nitrogens with one attached hydrogen (secondary N) is 1. The number of carbonyl (C=O) groups excluding carboxylic acids is 1. The molecule has 2 unspecified atom stereocenters. The van der Waals surface area contributed by atoms with Crippen molar-refractivity contribution in [3.8, 4) is 5.75 Å². The summed E-state index contributed by atoms with van der Waals surface area (Å²) < 4.78 is 5.10. The van der Waals surface area contributed by atoms with Crippen molar-refractivity contribution < 1.29 is 14.6 Å². The summed E-state index contributed by atoms with van der Waals surface area (Å²) >= 11 is 0. The normalized spacial score (nSPS) is 21.7. The maximum atomic E-state index is 11.8. The van der Waals surface area contributed by atoms with Crippen molar-refractivity contribution >= 4 is 5.91 Å². The number of ether oxygens (including phenoxy) is 1. The Morgan fingerprint density at radius 1 is 1.35 bits per heavy atom. The molecule has 2 rings (SSSR count). The first-order valence-corrected chi connectivity index (χ1v) is 7.25. The van der Waals surface area contributed by atoms with Crippen molar-refractivity contribution in [2.75, 3.05) is 13.7 Å². The molecule has 0 spiro atoms. The van der Waals surface area contributed by atoms with Gasteiger partial charge in [0.05, 0.1) is 13.2 Å². The van der Waals surface area contributed by atoms with Crippen LogP contribution >= 0.6 is 0 Å². The Morgan fingerprint density at radius 3 is 2.70 bits per heavy atom. The van der Waals surface area contributed by atoms with Crippen molar-refractivity contribution in [1.29, 1.82) is 0 Å². The third-order valence-electron chi connectivity index (χ3n) is 3.90. The molecule has 0 bridgehead atoms. The SMILES string of the molecule is COc1ccc(CCC(=O)NCC2CCC(O)C2)cc1. The molecule has 1 aromatic rings. The van der Waals surface area contributed by atoms with Gasteiger partial charge < -0.3 is 15.2 Å². The molecule has 0 radical (unpaired) electrons. The summed E-state index contributed by atoms with van der Waals surface area (Å²) in [6, 6.07) is 7.79. The first-order valence-electron chi connectivity index (χ1n) is 7.25. The van der Waals surface area contributed by atoms with Crippen LogP contribution in [-0.2, 0) is 11.2 Å². The van der Waals surface area contributed by atoms with E-state index >= 15 is 0 Å². The van der Waals surface area contributed by atoms with E-state index in [1.165, 1.54) is 0 Å². The van der Waals surface area contributed by atoms with E-state index in [1.54, 1.807) is 7.11 Å². The minimum absolute atomic E-state index is 0.0854. The van der Waals surface area contributed by atoms with Gasteiger partial charge in [0.1, 0.15) is 5.75 Å². The van der Waals surface area contributed by atoms with E-state index < -0.39 is 0 Å². The minimum atomic E-state index is -0.170. The molecule has 4 heteroatoms. The third kappa shape index (κ3) is 4.53. The van der Waals surface area contributed by atoms with Crippen molar-refractivity contribution in [1.82, 2.24) is 5.32 Å². The smallest absolute Gasteiger partial charge is 0.220 e. The highest BCUT2D eigenvalue weighted by Crippen LogP contribution is 2.24. The maximum absolute atomic E-state index is 11.8. The quantitative estimate of drug-likeness (QED) is 0.835. The Bertz CT molecular complexity index is 430. The molecule has 110 valence electrons. The van der Waals surface area contributed by atoms with Gasteiger partial charge in [0.25, 0.3) is 0 Å². The van der Waals surface area contributed by atoms with Crippen molar-refractivity contribution in [3.05, 3.63) is 29.8 Å². The second kappa shape index (κ2) is 7.29. The van der Waals surface area contributed by atoms with Crippen LogP contribution in [0.2, 0.25) is 0 Å². The fourth-order valence-electron chi connectivity index (χ4n) is 2.63. The maximum Gasteiger partial charge on any atom is 0.220 e. The molecule has 20 heavy (non-hydrogen) atoms. The first kappa shape index (κ1) is 14.9. The van der Waals surface area contributed by atoms with E-state index in [1.807, 2.05) is 24.3 Å². The van der Waals surface area contributed by atoms with E-state index in [0.717, 1.165) is 37.0 Å². The van der Waals surface area contributed by atoms with Crippen LogP contribution in [0.15, 0.2) is 24.3 Å². The molecular weight excluding hydrogens is 254 g/mol. The number of amides is 1. The van der Waals surface area contributed by atoms with Crippen molar-refractivity contribution in [2.45, 2.75) is 38.2 Å². The molecule has 0 saturated heterocycles. The standard InChI is InChI=1S/C16H23NO3/c1-20-15-7-3-12(4-8-15)5-9-16(19)17-11-13-2-6-14(18)10-13/h3-4,7-8,13-14,18H,2,5-6,9-11H2,1H3,(H,17,19). The summed E-state index contributed by atoms with van der Waals surface area (Å²) in [6.45, 7) is 0.693. The Labute approximate surface area is 120 Å². The van der Waals surface area contributed by atoms with Gasteiger partial charge in [-0.25, -0.2) is 0 Å². The van der Waals surface area contributed by atoms with Crippen LogP contribution in [0.25, 0.3) is 0 Å². The highest BCUT2D eigenvalue weighted by Gasteiger charge is 2.22. The number of aliphatic hydroxyl groups is 1. The zero-order chi connectivity index (χ0) is 14.4. The average molecular weight is 277 g/mol. The molecule has 0 aromatic heterocycles. The van der Waals surface area contributed by atoms with Gasteiger partial charge in [-0.3, -0.25) is 4.79 Å². The van der Waals surface area contributed by atoms with Gasteiger partial charge in [-0.15, -0.1) is 0 Å². The first-order chi connectivity index (χ1) is 9.67. The second-order valence-electron chi connectivity index (χ2n) is 5.49. The highest BCUT2D eigenvalue weighted by atomic mass is 16.5. The van der Waals surface area contributed by atoms with E-state index in [2.05, 4.69) is 5.32 Å². The molecule has 1 aliphatic carbocycles. The fourth-order valence-corrected chi connectivity index (χ4v) is 2.63. The molecule has 0 aliphatic heterocycles. The van der Waals surface area contributed by atoms with Gasteiger partial charge in [-0.2, -0.15) is 0 Å². The van der Waals surface area contributed by atoms with Crippen LogP contribution in [-0.4, -0.2) is 30.8 Å². The summed E-state index contributed by atoms with van der Waals surface area (Å²) in [7, 11) is 1.64. The van der Waals surface area contributed by atoms with Gasteiger partial charge in [0, 0.05) is 13.0 Å². The Kier molecular flexibility index (Phi) is 5.41. The monoisotopic (exact) mass is 277 g/mol. The molecule has 4 nitrogen and oxygen atoms in total. The molecule has 1 aliphatic rings. The highest BCUT2D eigenvalue weighted by molar-refractivity contribution is 5.76. The molecule has 1 aromatic carbocycles. The summed E-state index contributed by atoms with van der Waals surface area (Å²) in [5.41, 5.74) is 1.14. The number of carbonyl (C=O) groups is 1. The lowest BCUT2D eigenvalue weighted by atomic mass is 10.1. The minimum Gasteiger partial charge on any atom is -0.497 e. The predicted octanol–water partition coefficient (Wildman–Crippen LogP) is 1.91. The molecule has 1 amide bonds. The topological polar surface area (TPSA) is 58.6 Å².